The van der Waals surface area contributed by atoms with Crippen molar-refractivity contribution < 1.29 is 23.9 Å². The highest BCUT2D eigenvalue weighted by Gasteiger charge is 2.35. The normalized spacial score (nSPS) is 15.1. The van der Waals surface area contributed by atoms with Gasteiger partial charge in [-0.15, -0.1) is 0 Å². The highest BCUT2D eigenvalue weighted by molar-refractivity contribution is 6.31. The summed E-state index contributed by atoms with van der Waals surface area (Å²) in [5.74, 6) is -0.580. The molecule has 190 valence electrons. The highest BCUT2D eigenvalue weighted by atomic mass is 35.5. The van der Waals surface area contributed by atoms with E-state index in [-0.39, 0.29) is 17.4 Å². The Morgan fingerprint density at radius 3 is 2.57 bits per heavy atom. The fraction of sp³-hybridized carbons (Fsp3) is 0.520. The second kappa shape index (κ2) is 10.8. The maximum absolute atomic E-state index is 13.6. The predicted octanol–water partition coefficient (Wildman–Crippen LogP) is 3.62. The summed E-state index contributed by atoms with van der Waals surface area (Å²) in [6, 6.07) is 5.53. The van der Waals surface area contributed by atoms with Gasteiger partial charge in [-0.05, 0) is 58.7 Å². The Hall–Kier alpha value is -2.91. The van der Waals surface area contributed by atoms with Crippen LogP contribution in [0.25, 0.3) is 0 Å². The zero-order chi connectivity index (χ0) is 25.9. The molecule has 2 aromatic rings. The number of carbonyl (C=O) groups excluding carboxylic acids is 3. The van der Waals surface area contributed by atoms with E-state index in [9.17, 15) is 14.4 Å². The van der Waals surface area contributed by atoms with E-state index in [4.69, 9.17) is 21.1 Å². The third-order valence-corrected chi connectivity index (χ3v) is 5.96. The molecular weight excluding hydrogens is 472 g/mol. The van der Waals surface area contributed by atoms with Crippen LogP contribution in [0.4, 0.5) is 5.82 Å². The second-order valence-corrected chi connectivity index (χ2v) is 10.0. The van der Waals surface area contributed by atoms with Gasteiger partial charge in [0.15, 0.2) is 17.6 Å². The predicted molar refractivity (Wildman–Crippen MR) is 133 cm³/mol. The van der Waals surface area contributed by atoms with Crippen molar-refractivity contribution in [1.29, 1.82) is 0 Å². The summed E-state index contributed by atoms with van der Waals surface area (Å²) in [6.07, 6.45) is 1.83. The number of anilines is 1. The van der Waals surface area contributed by atoms with Crippen molar-refractivity contribution in [2.45, 2.75) is 71.2 Å². The topological polar surface area (TPSA) is 103 Å². The molecule has 9 nitrogen and oxygen atoms in total. The number of hydrogen-bond donors (Lipinski definition) is 1. The third-order valence-electron chi connectivity index (χ3n) is 5.72. The first kappa shape index (κ1) is 26.7. The van der Waals surface area contributed by atoms with Gasteiger partial charge in [0.25, 0.3) is 11.8 Å². The van der Waals surface area contributed by atoms with Gasteiger partial charge in [0.1, 0.15) is 5.82 Å². The van der Waals surface area contributed by atoms with Gasteiger partial charge in [-0.1, -0.05) is 17.7 Å². The smallest absolute Gasteiger partial charge is 0.331 e. The molecule has 0 saturated heterocycles. The maximum Gasteiger partial charge on any atom is 0.331 e. The van der Waals surface area contributed by atoms with E-state index in [0.29, 0.717) is 23.6 Å². The molecule has 0 aliphatic carbocycles. The highest BCUT2D eigenvalue weighted by Crippen LogP contribution is 2.27. The summed E-state index contributed by atoms with van der Waals surface area (Å²) in [4.78, 5) is 45.4. The lowest BCUT2D eigenvalue weighted by molar-refractivity contribution is -0.150. The summed E-state index contributed by atoms with van der Waals surface area (Å²) in [5.41, 5.74) is 0.0485. The molecule has 1 aromatic heterocycles. The molecule has 0 spiro atoms. The lowest BCUT2D eigenvalue weighted by Crippen LogP contribution is -2.51. The molecule has 35 heavy (non-hydrogen) atoms. The number of nitrogens with one attached hydrogen (secondary N) is 1. The molecule has 2 unspecified atom stereocenters. The van der Waals surface area contributed by atoms with E-state index in [1.54, 1.807) is 38.2 Å². The molecule has 2 heterocycles. The number of hydrogen-bond acceptors (Lipinski definition) is 6. The van der Waals surface area contributed by atoms with Crippen molar-refractivity contribution in [3.8, 4) is 0 Å². The average Bonchev–Trinajstić information content (AvgIpc) is 3.19. The van der Waals surface area contributed by atoms with Crippen LogP contribution in [-0.2, 0) is 27.2 Å². The SMILES string of the molecule is COC(=O)C(NC(=O)c1c(N(C)C(=O)c2cccc(Cl)c2)nc2n1CCCC2)C(C)OC(C)(C)C. The number of imidazole rings is 1. The Morgan fingerprint density at radius 2 is 1.94 bits per heavy atom. The van der Waals surface area contributed by atoms with Crippen LogP contribution < -0.4 is 10.2 Å². The van der Waals surface area contributed by atoms with Gasteiger partial charge in [0, 0.05) is 30.6 Å². The summed E-state index contributed by atoms with van der Waals surface area (Å²) in [6.45, 7) is 7.88. The standard InChI is InChI=1S/C25H33ClN4O5/c1-15(35-25(2,3)4)19(24(33)34-6)28-22(31)20-21(27-18-12-7-8-13-30(18)20)29(5)23(32)16-10-9-11-17(26)14-16/h9-11,14-15,19H,7-8,12-13H2,1-6H3,(H,28,31). The molecule has 0 bridgehead atoms. The van der Waals surface area contributed by atoms with E-state index in [1.165, 1.54) is 12.0 Å². The van der Waals surface area contributed by atoms with Crippen LogP contribution in [0.5, 0.6) is 0 Å². The molecule has 2 amide bonds. The third kappa shape index (κ3) is 6.21. The number of nitrogens with zero attached hydrogens (tertiary/aromatic N) is 3. The molecule has 1 N–H and O–H groups in total. The van der Waals surface area contributed by atoms with Gasteiger partial charge in [0.05, 0.1) is 18.8 Å². The molecule has 1 aromatic carbocycles. The molecule has 1 aliphatic heterocycles. The van der Waals surface area contributed by atoms with E-state index < -0.39 is 29.6 Å². The Labute approximate surface area is 210 Å². The maximum atomic E-state index is 13.6. The number of benzene rings is 1. The number of ether oxygens (including phenoxy) is 2. The quantitative estimate of drug-likeness (QED) is 0.578. The Bertz CT molecular complexity index is 1110. The van der Waals surface area contributed by atoms with E-state index >= 15 is 0 Å². The molecule has 2 atom stereocenters. The minimum absolute atomic E-state index is 0.217. The number of aromatic nitrogens is 2. The van der Waals surface area contributed by atoms with Crippen LogP contribution in [0.15, 0.2) is 24.3 Å². The van der Waals surface area contributed by atoms with Gasteiger partial charge in [-0.2, -0.15) is 0 Å². The monoisotopic (exact) mass is 504 g/mol. The summed E-state index contributed by atoms with van der Waals surface area (Å²) in [5, 5.41) is 3.20. The fourth-order valence-electron chi connectivity index (χ4n) is 4.17. The zero-order valence-corrected chi connectivity index (χ0v) is 21.8. The van der Waals surface area contributed by atoms with Gasteiger partial charge in [0.2, 0.25) is 0 Å². The van der Waals surface area contributed by atoms with Gasteiger partial charge < -0.3 is 19.4 Å². The van der Waals surface area contributed by atoms with Crippen molar-refractivity contribution in [3.05, 3.63) is 46.4 Å². The fourth-order valence-corrected chi connectivity index (χ4v) is 4.36. The lowest BCUT2D eigenvalue weighted by Gasteiger charge is -2.30. The number of esters is 1. The number of rotatable bonds is 7. The number of amides is 2. The summed E-state index contributed by atoms with van der Waals surface area (Å²) >= 11 is 6.07. The summed E-state index contributed by atoms with van der Waals surface area (Å²) < 4.78 is 12.7. The first-order chi connectivity index (χ1) is 16.4. The number of fused-ring (bicyclic) bond motifs is 1. The van der Waals surface area contributed by atoms with Crippen LogP contribution in [0.2, 0.25) is 5.02 Å². The number of aryl methyl sites for hydroxylation is 1. The minimum Gasteiger partial charge on any atom is -0.467 e. The average molecular weight is 505 g/mol. The molecule has 10 heteroatoms. The van der Waals surface area contributed by atoms with Crippen molar-refractivity contribution in [3.63, 3.8) is 0 Å². The Balaban J connectivity index is 1.98. The minimum atomic E-state index is -1.05. The van der Waals surface area contributed by atoms with E-state index in [0.717, 1.165) is 18.7 Å². The van der Waals surface area contributed by atoms with Crippen molar-refractivity contribution in [2.24, 2.45) is 0 Å². The molecule has 0 saturated carbocycles. The number of methoxy groups -OCH3 is 1. The van der Waals surface area contributed by atoms with Crippen LogP contribution >= 0.6 is 11.6 Å². The molecule has 0 radical (unpaired) electrons. The first-order valence-corrected chi connectivity index (χ1v) is 12.0. The van der Waals surface area contributed by atoms with Crippen LogP contribution in [0.1, 0.15) is 67.2 Å². The van der Waals surface area contributed by atoms with Crippen molar-refractivity contribution in [1.82, 2.24) is 14.9 Å². The summed E-state index contributed by atoms with van der Waals surface area (Å²) in [7, 11) is 2.83. The van der Waals surface area contributed by atoms with Crippen molar-refractivity contribution >= 4 is 35.2 Å². The van der Waals surface area contributed by atoms with Crippen LogP contribution in [-0.4, -0.2) is 59.2 Å². The Morgan fingerprint density at radius 1 is 1.23 bits per heavy atom. The Kier molecular flexibility index (Phi) is 8.22. The lowest BCUT2D eigenvalue weighted by atomic mass is 10.1. The number of carbonyl (C=O) groups is 3. The van der Waals surface area contributed by atoms with Crippen molar-refractivity contribution in [2.75, 3.05) is 19.1 Å². The van der Waals surface area contributed by atoms with Crippen LogP contribution in [0, 0.1) is 0 Å². The number of halogens is 1. The van der Waals surface area contributed by atoms with Gasteiger partial charge >= 0.3 is 5.97 Å². The zero-order valence-electron chi connectivity index (χ0n) is 21.1. The van der Waals surface area contributed by atoms with Gasteiger partial charge in [-0.25, -0.2) is 9.78 Å². The molecule has 1 aliphatic rings. The van der Waals surface area contributed by atoms with Gasteiger partial charge in [-0.3, -0.25) is 14.5 Å². The largest absolute Gasteiger partial charge is 0.467 e. The molecular formula is C25H33ClN4O5. The molecule has 3 rings (SSSR count). The van der Waals surface area contributed by atoms with E-state index in [2.05, 4.69) is 10.3 Å². The molecule has 0 fully saturated rings. The van der Waals surface area contributed by atoms with E-state index in [1.807, 2.05) is 25.3 Å². The van der Waals surface area contributed by atoms with Crippen LogP contribution in [0.3, 0.4) is 0 Å². The second-order valence-electron chi connectivity index (χ2n) is 9.59. The first-order valence-electron chi connectivity index (χ1n) is 11.6.